The Labute approximate surface area is 645 Å². The molecule has 0 atom stereocenters. The Bertz CT molecular complexity index is 6120. The zero-order valence-electron chi connectivity index (χ0n) is 64.5. The Balaban J connectivity index is 0.903. The molecule has 0 bridgehead atoms. The second-order valence-electron chi connectivity index (χ2n) is 34.4. The average Bonchev–Trinajstić information content (AvgIpc) is 1.26. The van der Waals surface area contributed by atoms with Gasteiger partial charge in [-0.2, -0.15) is 0 Å². The predicted octanol–water partition coefficient (Wildman–Crippen LogP) is 24.1. The normalized spacial score (nSPS) is 16.2. The number of nitrogens with zero attached hydrogens (tertiary/aromatic N) is 5. The van der Waals surface area contributed by atoms with Crippen LogP contribution in [0.5, 0.6) is 11.5 Å². The Morgan fingerprint density at radius 1 is 0.333 bits per heavy atom. The number of hydrogen-bond acceptors (Lipinski definition) is 8. The monoisotopic (exact) mass is 1440 g/mol. The van der Waals surface area contributed by atoms with Crippen LogP contribution in [0.3, 0.4) is 0 Å². The number of rotatable bonds is 9. The molecule has 0 saturated carbocycles. The van der Waals surface area contributed by atoms with Gasteiger partial charge in [0.1, 0.15) is 11.5 Å². The zero-order valence-corrected chi connectivity index (χ0v) is 66.1. The highest BCUT2D eigenvalue weighted by atomic mass is 32.1. The van der Waals surface area contributed by atoms with E-state index in [0.717, 1.165) is 82.7 Å². The molecule has 108 heavy (non-hydrogen) atoms. The van der Waals surface area contributed by atoms with Gasteiger partial charge in [0.2, 0.25) is 0 Å². The van der Waals surface area contributed by atoms with Crippen molar-refractivity contribution in [1.29, 1.82) is 0 Å². The van der Waals surface area contributed by atoms with Crippen LogP contribution < -0.4 is 60.6 Å². The van der Waals surface area contributed by atoms with E-state index in [0.29, 0.717) is 0 Å². The number of anilines is 15. The fraction of sp³-hybridized carbons (Fsp3) is 0.224. The maximum absolute atomic E-state index is 8.14. The van der Waals surface area contributed by atoms with E-state index in [4.69, 9.17) is 4.74 Å². The van der Waals surface area contributed by atoms with Crippen LogP contribution in [0.15, 0.2) is 237 Å². The first-order valence-corrected chi connectivity index (χ1v) is 40.5. The van der Waals surface area contributed by atoms with Crippen molar-refractivity contribution >= 4 is 173 Å². The molecule has 6 nitrogen and oxygen atoms in total. The Morgan fingerprint density at radius 3 is 1.23 bits per heavy atom. The minimum Gasteiger partial charge on any atom is -0.458 e. The lowest BCUT2D eigenvalue weighted by molar-refractivity contribution is 0.332. The Kier molecular flexibility index (Phi) is 14.9. The van der Waals surface area contributed by atoms with Crippen molar-refractivity contribution in [3.05, 3.63) is 292 Å². The van der Waals surface area contributed by atoms with Crippen molar-refractivity contribution in [3.8, 4) is 11.5 Å². The molecule has 6 heterocycles. The fourth-order valence-electron chi connectivity index (χ4n) is 19.9. The van der Waals surface area contributed by atoms with E-state index in [9.17, 15) is 0 Å². The van der Waals surface area contributed by atoms with Crippen LogP contribution in [-0.4, -0.2) is 13.4 Å². The van der Waals surface area contributed by atoms with Gasteiger partial charge in [0.25, 0.3) is 13.4 Å². The van der Waals surface area contributed by atoms with E-state index >= 15 is 0 Å². The fourth-order valence-corrected chi connectivity index (χ4v) is 22.5. The predicted molar refractivity (Wildman–Crippen MR) is 465 cm³/mol. The van der Waals surface area contributed by atoms with Gasteiger partial charge in [-0.15, -0.1) is 22.7 Å². The summed E-state index contributed by atoms with van der Waals surface area (Å²) in [6.07, 6.45) is 4.53. The summed E-state index contributed by atoms with van der Waals surface area (Å²) in [5.74, 6) is 1.73. The molecule has 2 aliphatic carbocycles. The molecule has 2 aromatic heterocycles. The van der Waals surface area contributed by atoms with E-state index in [2.05, 4.69) is 358 Å². The van der Waals surface area contributed by atoms with Gasteiger partial charge in [-0.1, -0.05) is 201 Å². The third kappa shape index (κ3) is 9.90. The van der Waals surface area contributed by atoms with Gasteiger partial charge in [0, 0.05) is 93.0 Å². The molecule has 0 unspecified atom stereocenters. The number of benzene rings is 12. The molecule has 14 aromatic rings. The summed E-state index contributed by atoms with van der Waals surface area (Å²) in [5.41, 5.74) is 35.2. The molecule has 0 spiro atoms. The lowest BCUT2D eigenvalue weighted by Crippen LogP contribution is -2.63. The van der Waals surface area contributed by atoms with Gasteiger partial charge in [0.15, 0.2) is 0 Å². The number of aryl methyl sites for hydroxylation is 6. The molecular weight excluding hydrogens is 1350 g/mol. The third-order valence-electron chi connectivity index (χ3n) is 25.7. The quantitative estimate of drug-likeness (QED) is 0.134. The van der Waals surface area contributed by atoms with Crippen molar-refractivity contribution in [3.63, 3.8) is 0 Å². The highest BCUT2D eigenvalue weighted by Gasteiger charge is 2.51. The van der Waals surface area contributed by atoms with E-state index in [1.165, 1.54) is 147 Å². The molecule has 530 valence electrons. The molecule has 10 heteroatoms. The highest BCUT2D eigenvalue weighted by Crippen LogP contribution is 2.57. The topological polar surface area (TPSA) is 25.4 Å². The van der Waals surface area contributed by atoms with Crippen molar-refractivity contribution in [1.82, 2.24) is 0 Å². The third-order valence-corrected chi connectivity index (χ3v) is 28.1. The maximum Gasteiger partial charge on any atom is 0.268 e. The van der Waals surface area contributed by atoms with Gasteiger partial charge >= 0.3 is 0 Å². The van der Waals surface area contributed by atoms with Crippen molar-refractivity contribution < 1.29 is 4.74 Å². The molecule has 6 aliphatic rings. The Morgan fingerprint density at radius 2 is 0.741 bits per heavy atom. The van der Waals surface area contributed by atoms with E-state index < -0.39 is 0 Å². The number of fused-ring (bicyclic) bond motifs is 14. The summed E-state index contributed by atoms with van der Waals surface area (Å²) in [7, 11) is 0. The summed E-state index contributed by atoms with van der Waals surface area (Å²) in [6.45, 7) is 32.9. The first-order valence-electron chi connectivity index (χ1n) is 38.9. The molecular formula is C98H89B2N5OS2. The number of hydrogen-bond donors (Lipinski definition) is 0. The lowest BCUT2D eigenvalue weighted by atomic mass is 9.33. The molecule has 20 rings (SSSR count). The summed E-state index contributed by atoms with van der Waals surface area (Å²) in [6, 6.07) is 91.3. The molecule has 0 saturated heterocycles. The largest absolute Gasteiger partial charge is 0.458 e. The number of thiophene rings is 2. The van der Waals surface area contributed by atoms with Crippen LogP contribution >= 0.6 is 22.7 Å². The van der Waals surface area contributed by atoms with Gasteiger partial charge in [-0.05, 0) is 245 Å². The first-order chi connectivity index (χ1) is 52.0. The minimum atomic E-state index is -0.208. The lowest BCUT2D eigenvalue weighted by Gasteiger charge is -2.46. The highest BCUT2D eigenvalue weighted by molar-refractivity contribution is 7.34. The summed E-state index contributed by atoms with van der Waals surface area (Å²) in [5, 5.41) is 2.52. The zero-order chi connectivity index (χ0) is 73.9. The van der Waals surface area contributed by atoms with Crippen LogP contribution in [0.4, 0.5) is 85.3 Å². The number of para-hydroxylation sites is 5. The van der Waals surface area contributed by atoms with Crippen LogP contribution in [-0.2, 0) is 21.7 Å². The van der Waals surface area contributed by atoms with Crippen LogP contribution in [0.2, 0.25) is 0 Å². The molecule has 0 radical (unpaired) electrons. The first kappa shape index (κ1) is 66.9. The molecule has 0 amide bonds. The number of ether oxygens (including phenoxy) is 1. The SMILES string of the molecule is Cc1ccccc1N(c1cc2c3c(c1)N(c1ccc4c(c1)C(C)(C)CCC4(C)C)c1c(sc4ccccc14)B3c1cc3c(cc1O2)N(c1ccccc1)c1cc(N(c2ccccc2C)c2c(C)cccc2C)cc2c1B3c1sc3ccccc3c1N2c1ccc2c(c1)C(C)(C)CCC2(C)C)c1c(C)cccc1C. The van der Waals surface area contributed by atoms with E-state index in [-0.39, 0.29) is 35.1 Å². The molecule has 0 fully saturated rings. The summed E-state index contributed by atoms with van der Waals surface area (Å²) in [4.78, 5) is 13.1. The average molecular weight is 1440 g/mol. The summed E-state index contributed by atoms with van der Waals surface area (Å²) < 4.78 is 13.4. The maximum atomic E-state index is 8.14. The van der Waals surface area contributed by atoms with E-state index in [1.54, 1.807) is 0 Å². The van der Waals surface area contributed by atoms with Crippen molar-refractivity contribution in [2.45, 2.75) is 144 Å². The summed E-state index contributed by atoms with van der Waals surface area (Å²) >= 11 is 3.93. The van der Waals surface area contributed by atoms with Gasteiger partial charge in [-0.25, -0.2) is 0 Å². The van der Waals surface area contributed by atoms with Crippen LogP contribution in [0, 0.1) is 41.5 Å². The molecule has 0 N–H and O–H groups in total. The van der Waals surface area contributed by atoms with Gasteiger partial charge < -0.3 is 29.2 Å². The second kappa shape index (κ2) is 24.0. The van der Waals surface area contributed by atoms with E-state index in [1.807, 2.05) is 22.7 Å². The van der Waals surface area contributed by atoms with Gasteiger partial charge in [0.05, 0.1) is 34.1 Å². The molecule has 4 aliphatic heterocycles. The Hall–Kier alpha value is -10.5. The van der Waals surface area contributed by atoms with Crippen molar-refractivity contribution in [2.24, 2.45) is 0 Å². The standard InChI is InChI=1S/C98H89B2N5OS2/c1-58-28-18-22-38-77(58)104(89-60(3)30-26-31-61(89)4)67-52-80-87-81(53-67)102(65-42-44-71-73(50-65)97(11,12)48-46-95(71,7)8)91-69-36-20-24-40-85(69)107-93(91)99(87)75-56-76-83(57-79(75)101(80)64-34-16-15-17-35-64)106-84-55-68(105(78-39-23-19-29-59(78)2)90-62(5)32-27-33-63(90)6)54-82-88(84)100(76)94-92(70-37-21-25-41-86(70)108-94)103(82)66-43-45-72-74(51-66)98(13,14)49-47-96(72,9)10/h15-45,50-57H,46-49H2,1-14H3. The molecule has 12 aromatic carbocycles. The van der Waals surface area contributed by atoms with Crippen LogP contribution in [0.25, 0.3) is 20.2 Å². The van der Waals surface area contributed by atoms with Crippen LogP contribution in [0.1, 0.15) is 137 Å². The second-order valence-corrected chi connectivity index (χ2v) is 36.5. The van der Waals surface area contributed by atoms with Gasteiger partial charge in [-0.3, -0.25) is 0 Å². The smallest absolute Gasteiger partial charge is 0.268 e. The minimum absolute atomic E-state index is 0.0296. The van der Waals surface area contributed by atoms with Crippen molar-refractivity contribution in [2.75, 3.05) is 24.5 Å².